The van der Waals surface area contributed by atoms with Crippen molar-refractivity contribution in [3.8, 4) is 0 Å². The van der Waals surface area contributed by atoms with Gasteiger partial charge < -0.3 is 15.1 Å². The number of nitrogens with zero attached hydrogens (tertiary/aromatic N) is 3. The fraction of sp³-hybridized carbons (Fsp3) is 0.913. The molecule has 1 saturated carbocycles. The van der Waals surface area contributed by atoms with Gasteiger partial charge in [0.1, 0.15) is 0 Å². The molecule has 3 atom stereocenters. The maximum atomic E-state index is 12.5. The molecule has 3 saturated heterocycles. The van der Waals surface area contributed by atoms with E-state index in [1.54, 1.807) is 0 Å². The minimum absolute atomic E-state index is 0.168. The van der Waals surface area contributed by atoms with Crippen LogP contribution in [-0.4, -0.2) is 84.9 Å². The summed E-state index contributed by atoms with van der Waals surface area (Å²) in [4.78, 5) is 31.8. The average Bonchev–Trinajstić information content (AvgIpc) is 2.72. The van der Waals surface area contributed by atoms with Crippen LogP contribution in [0, 0.1) is 11.8 Å². The summed E-state index contributed by atoms with van der Waals surface area (Å²) in [7, 11) is 2.24. The number of likely N-dealkylation sites (tertiary alicyclic amines) is 1. The Hall–Kier alpha value is -1.14. The molecule has 164 valence electrons. The number of nitrogens with one attached hydrogen (secondary N) is 1. The van der Waals surface area contributed by atoms with Gasteiger partial charge in [-0.25, -0.2) is 0 Å². The summed E-state index contributed by atoms with van der Waals surface area (Å²) in [5.41, 5.74) is 0. The summed E-state index contributed by atoms with van der Waals surface area (Å²) >= 11 is 0. The standard InChI is InChI=1S/C23H40N4O2/c1-25(20-7-3-2-4-8-20)12-6-11-24-22(28)17-26-14-18-13-19(16-26)21-9-5-10-23(29)27(21)15-18/h18-21H,2-17H2,1H3,(H,24,28)/t18-,19-,21-/m1/s1. The van der Waals surface area contributed by atoms with Crippen molar-refractivity contribution >= 4 is 11.8 Å². The van der Waals surface area contributed by atoms with Gasteiger partial charge in [-0.3, -0.25) is 14.5 Å². The van der Waals surface area contributed by atoms with Crippen LogP contribution in [0.15, 0.2) is 0 Å². The van der Waals surface area contributed by atoms with Gasteiger partial charge in [-0.15, -0.1) is 0 Å². The first-order valence-corrected chi connectivity index (χ1v) is 12.1. The van der Waals surface area contributed by atoms with Crippen molar-refractivity contribution in [3.05, 3.63) is 0 Å². The van der Waals surface area contributed by atoms with Crippen molar-refractivity contribution in [2.24, 2.45) is 11.8 Å². The molecule has 0 spiro atoms. The molecule has 4 fully saturated rings. The Balaban J connectivity index is 1.15. The van der Waals surface area contributed by atoms with E-state index in [1.807, 2.05) is 0 Å². The highest BCUT2D eigenvalue weighted by Crippen LogP contribution is 2.37. The number of hydrogen-bond donors (Lipinski definition) is 1. The van der Waals surface area contributed by atoms with E-state index in [-0.39, 0.29) is 5.91 Å². The van der Waals surface area contributed by atoms with Crippen molar-refractivity contribution in [1.82, 2.24) is 20.0 Å². The molecule has 2 bridgehead atoms. The van der Waals surface area contributed by atoms with Crippen molar-refractivity contribution in [3.63, 3.8) is 0 Å². The molecule has 1 aliphatic carbocycles. The van der Waals surface area contributed by atoms with E-state index in [4.69, 9.17) is 0 Å². The Morgan fingerprint density at radius 3 is 2.76 bits per heavy atom. The lowest BCUT2D eigenvalue weighted by atomic mass is 9.76. The Morgan fingerprint density at radius 2 is 1.93 bits per heavy atom. The highest BCUT2D eigenvalue weighted by molar-refractivity contribution is 5.78. The lowest BCUT2D eigenvalue weighted by Crippen LogP contribution is -2.61. The molecule has 0 aromatic rings. The summed E-state index contributed by atoms with van der Waals surface area (Å²) in [6, 6.07) is 1.17. The summed E-state index contributed by atoms with van der Waals surface area (Å²) in [5, 5.41) is 3.15. The Bertz CT molecular complexity index is 577. The van der Waals surface area contributed by atoms with Gasteiger partial charge in [0, 0.05) is 44.7 Å². The van der Waals surface area contributed by atoms with Crippen LogP contribution in [0.2, 0.25) is 0 Å². The first-order chi connectivity index (χ1) is 14.1. The van der Waals surface area contributed by atoms with Crippen molar-refractivity contribution in [2.45, 2.75) is 76.3 Å². The molecule has 29 heavy (non-hydrogen) atoms. The molecule has 0 aromatic carbocycles. The van der Waals surface area contributed by atoms with Gasteiger partial charge >= 0.3 is 0 Å². The van der Waals surface area contributed by atoms with Crippen molar-refractivity contribution < 1.29 is 9.59 Å². The third kappa shape index (κ3) is 5.32. The molecule has 4 aliphatic rings. The van der Waals surface area contributed by atoms with Crippen LogP contribution in [0.1, 0.15) is 64.2 Å². The zero-order valence-electron chi connectivity index (χ0n) is 18.3. The van der Waals surface area contributed by atoms with Crippen molar-refractivity contribution in [2.75, 3.05) is 46.3 Å². The molecule has 3 heterocycles. The van der Waals surface area contributed by atoms with Crippen LogP contribution in [0.3, 0.4) is 0 Å². The number of hydrogen-bond acceptors (Lipinski definition) is 4. The molecular weight excluding hydrogens is 364 g/mol. The number of carbonyl (C=O) groups excluding carboxylic acids is 2. The molecule has 1 N–H and O–H groups in total. The average molecular weight is 405 g/mol. The van der Waals surface area contributed by atoms with E-state index in [1.165, 1.54) is 38.5 Å². The number of rotatable bonds is 7. The van der Waals surface area contributed by atoms with Gasteiger partial charge in [0.15, 0.2) is 0 Å². The zero-order chi connectivity index (χ0) is 20.2. The quantitative estimate of drug-likeness (QED) is 0.660. The first kappa shape index (κ1) is 21.1. The topological polar surface area (TPSA) is 55.9 Å². The first-order valence-electron chi connectivity index (χ1n) is 12.1. The van der Waals surface area contributed by atoms with E-state index >= 15 is 0 Å². The van der Waals surface area contributed by atoms with Crippen LogP contribution in [-0.2, 0) is 9.59 Å². The Morgan fingerprint density at radius 1 is 1.10 bits per heavy atom. The SMILES string of the molecule is CN(CCCNC(=O)CN1C[C@H]2C[C@H](C1)[C@H]1CCCC(=O)N1C2)C1CCCCC1. The van der Waals surface area contributed by atoms with Crippen LogP contribution in [0.25, 0.3) is 0 Å². The minimum atomic E-state index is 0.168. The molecular formula is C23H40N4O2. The number of fused-ring (bicyclic) bond motifs is 4. The number of amides is 2. The molecule has 6 heteroatoms. The minimum Gasteiger partial charge on any atom is -0.355 e. The van der Waals surface area contributed by atoms with Gasteiger partial charge in [-0.1, -0.05) is 19.3 Å². The molecule has 3 aliphatic heterocycles. The van der Waals surface area contributed by atoms with E-state index < -0.39 is 0 Å². The normalized spacial score (nSPS) is 31.0. The van der Waals surface area contributed by atoms with E-state index in [2.05, 4.69) is 27.1 Å². The third-order valence-electron chi connectivity index (χ3n) is 7.83. The number of piperidine rings is 3. The maximum absolute atomic E-state index is 12.5. The van der Waals surface area contributed by atoms with E-state index in [0.29, 0.717) is 30.3 Å². The van der Waals surface area contributed by atoms with Gasteiger partial charge in [0.25, 0.3) is 0 Å². The Kier molecular flexibility index (Phi) is 7.12. The largest absolute Gasteiger partial charge is 0.355 e. The fourth-order valence-corrected chi connectivity index (χ4v) is 6.36. The zero-order valence-corrected chi connectivity index (χ0v) is 18.3. The molecule has 0 radical (unpaired) electrons. The summed E-state index contributed by atoms with van der Waals surface area (Å²) in [6.07, 6.45) is 12.0. The van der Waals surface area contributed by atoms with Crippen LogP contribution in [0.4, 0.5) is 0 Å². The smallest absolute Gasteiger partial charge is 0.234 e. The summed E-state index contributed by atoms with van der Waals surface area (Å²) in [5.74, 6) is 1.63. The predicted octanol–water partition coefficient (Wildman–Crippen LogP) is 2.09. The summed E-state index contributed by atoms with van der Waals surface area (Å²) < 4.78 is 0. The van der Waals surface area contributed by atoms with Crippen LogP contribution >= 0.6 is 0 Å². The molecule has 6 nitrogen and oxygen atoms in total. The van der Waals surface area contributed by atoms with Crippen molar-refractivity contribution in [1.29, 1.82) is 0 Å². The maximum Gasteiger partial charge on any atom is 0.234 e. The highest BCUT2D eigenvalue weighted by Gasteiger charge is 2.44. The predicted molar refractivity (Wildman–Crippen MR) is 115 cm³/mol. The molecule has 4 rings (SSSR count). The second-order valence-corrected chi connectivity index (χ2v) is 10.0. The number of carbonyl (C=O) groups is 2. The third-order valence-corrected chi connectivity index (χ3v) is 7.83. The highest BCUT2D eigenvalue weighted by atomic mass is 16.2. The van der Waals surface area contributed by atoms with Gasteiger partial charge in [0.2, 0.25) is 11.8 Å². The van der Waals surface area contributed by atoms with E-state index in [0.717, 1.165) is 64.4 Å². The second kappa shape index (κ2) is 9.78. The molecule has 2 amide bonds. The molecule has 0 unspecified atom stereocenters. The summed E-state index contributed by atoms with van der Waals surface area (Å²) in [6.45, 7) is 5.22. The van der Waals surface area contributed by atoms with Crippen LogP contribution in [0.5, 0.6) is 0 Å². The van der Waals surface area contributed by atoms with Gasteiger partial charge in [-0.2, -0.15) is 0 Å². The molecule has 0 aromatic heterocycles. The lowest BCUT2D eigenvalue weighted by molar-refractivity contribution is -0.145. The van der Waals surface area contributed by atoms with Gasteiger partial charge in [0.05, 0.1) is 6.54 Å². The fourth-order valence-electron chi connectivity index (χ4n) is 6.36. The monoisotopic (exact) mass is 404 g/mol. The van der Waals surface area contributed by atoms with E-state index in [9.17, 15) is 9.59 Å². The second-order valence-electron chi connectivity index (χ2n) is 10.0. The van der Waals surface area contributed by atoms with Crippen LogP contribution < -0.4 is 5.32 Å². The van der Waals surface area contributed by atoms with Gasteiger partial charge in [-0.05, 0) is 64.0 Å². The lowest BCUT2D eigenvalue weighted by Gasteiger charge is -2.52. The Labute approximate surface area is 176 Å².